The zero-order valence-electron chi connectivity index (χ0n) is 22.8. The molecule has 0 radical (unpaired) electrons. The minimum Gasteiger partial charge on any atom is -0.508 e. The highest BCUT2D eigenvalue weighted by Gasteiger charge is 2.63. The monoisotopic (exact) mass is 510 g/mol. The minimum absolute atomic E-state index is 0.0784. The van der Waals surface area contributed by atoms with Gasteiger partial charge in [0.05, 0.1) is 12.2 Å². The van der Waals surface area contributed by atoms with Gasteiger partial charge in [0.25, 0.3) is 0 Å². The number of aliphatic hydroxyl groups is 1. The molecule has 2 aliphatic rings. The fourth-order valence-corrected chi connectivity index (χ4v) is 6.82. The number of fused-ring (bicyclic) bond motifs is 1. The summed E-state index contributed by atoms with van der Waals surface area (Å²) in [4.78, 5) is 24.7. The molecule has 2 N–H and O–H groups in total. The maximum absolute atomic E-state index is 12.6. The molecule has 0 bridgehead atoms. The van der Waals surface area contributed by atoms with Crippen LogP contribution in [0.1, 0.15) is 72.3 Å². The Morgan fingerprint density at radius 1 is 1.11 bits per heavy atom. The Morgan fingerprint density at radius 2 is 1.78 bits per heavy atom. The molecule has 0 aliphatic heterocycles. The number of carbonyl (C=O) groups is 2. The number of allylic oxidation sites excluding steroid dienone is 3. The maximum Gasteiger partial charge on any atom is 0.330 e. The van der Waals surface area contributed by atoms with Crippen molar-refractivity contribution in [1.29, 1.82) is 0 Å². The van der Waals surface area contributed by atoms with E-state index in [1.54, 1.807) is 36.4 Å². The quantitative estimate of drug-likeness (QED) is 0.254. The van der Waals surface area contributed by atoms with Crippen LogP contribution in [0.2, 0.25) is 0 Å². The smallest absolute Gasteiger partial charge is 0.330 e. The molecule has 1 aromatic rings. The average Bonchev–Trinajstić information content (AvgIpc) is 2.83. The van der Waals surface area contributed by atoms with Gasteiger partial charge in [-0.15, -0.1) is 0 Å². The number of aromatic hydroxyl groups is 1. The maximum atomic E-state index is 12.6. The normalized spacial score (nSPS) is 34.0. The molecule has 1 aromatic carbocycles. The first-order valence-electron chi connectivity index (χ1n) is 13.1. The molecule has 6 heteroatoms. The van der Waals surface area contributed by atoms with Crippen LogP contribution in [0.15, 0.2) is 54.6 Å². The number of hydrogen-bond donors (Lipinski definition) is 2. The highest BCUT2D eigenvalue weighted by atomic mass is 16.5. The van der Waals surface area contributed by atoms with Crippen LogP contribution in [0, 0.1) is 22.7 Å². The van der Waals surface area contributed by atoms with Gasteiger partial charge in [-0.1, -0.05) is 50.3 Å². The Bertz CT molecular complexity index is 1050. The molecular formula is C31H42O6. The molecule has 202 valence electrons. The largest absolute Gasteiger partial charge is 0.508 e. The van der Waals surface area contributed by atoms with Crippen molar-refractivity contribution >= 4 is 18.0 Å². The van der Waals surface area contributed by atoms with Crippen LogP contribution >= 0.6 is 0 Å². The van der Waals surface area contributed by atoms with Crippen LogP contribution < -0.4 is 0 Å². The number of ether oxygens (including phenoxy) is 2. The molecule has 6 nitrogen and oxygen atoms in total. The van der Waals surface area contributed by atoms with E-state index in [1.807, 2.05) is 13.8 Å². The average molecular weight is 511 g/mol. The Hall–Kier alpha value is -2.86. The lowest BCUT2D eigenvalue weighted by Crippen LogP contribution is -2.64. The number of hydrogen-bond acceptors (Lipinski definition) is 6. The molecule has 2 saturated carbocycles. The van der Waals surface area contributed by atoms with Gasteiger partial charge >= 0.3 is 11.9 Å². The summed E-state index contributed by atoms with van der Waals surface area (Å²) in [6.45, 7) is 13.7. The van der Waals surface area contributed by atoms with Gasteiger partial charge in [-0.2, -0.15) is 0 Å². The van der Waals surface area contributed by atoms with Gasteiger partial charge in [-0.3, -0.25) is 4.79 Å². The lowest BCUT2D eigenvalue weighted by Gasteiger charge is -2.63. The summed E-state index contributed by atoms with van der Waals surface area (Å²) in [7, 11) is 0. The molecule has 0 heterocycles. The van der Waals surface area contributed by atoms with E-state index < -0.39 is 17.0 Å². The number of phenolic OH excluding ortho intramolecular Hbond substituents is 1. The van der Waals surface area contributed by atoms with E-state index in [-0.39, 0.29) is 41.7 Å². The van der Waals surface area contributed by atoms with E-state index in [2.05, 4.69) is 26.5 Å². The summed E-state index contributed by atoms with van der Waals surface area (Å²) in [5.74, 6) is -0.652. The van der Waals surface area contributed by atoms with E-state index in [0.717, 1.165) is 24.0 Å². The van der Waals surface area contributed by atoms with Crippen LogP contribution in [0.3, 0.4) is 0 Å². The van der Waals surface area contributed by atoms with Gasteiger partial charge in [0.1, 0.15) is 11.9 Å². The zero-order chi connectivity index (χ0) is 27.4. The van der Waals surface area contributed by atoms with E-state index in [1.165, 1.54) is 13.0 Å². The topological polar surface area (TPSA) is 93.1 Å². The van der Waals surface area contributed by atoms with Crippen molar-refractivity contribution in [2.24, 2.45) is 22.7 Å². The number of phenols is 1. The van der Waals surface area contributed by atoms with Gasteiger partial charge in [0, 0.05) is 23.8 Å². The van der Waals surface area contributed by atoms with Crippen molar-refractivity contribution in [3.8, 4) is 5.75 Å². The van der Waals surface area contributed by atoms with Crippen molar-refractivity contribution in [2.45, 2.75) is 78.4 Å². The first-order valence-corrected chi connectivity index (χ1v) is 13.1. The Morgan fingerprint density at radius 3 is 2.41 bits per heavy atom. The lowest BCUT2D eigenvalue weighted by atomic mass is 9.44. The summed E-state index contributed by atoms with van der Waals surface area (Å²) in [5.41, 5.74) is 0.0595. The second-order valence-corrected chi connectivity index (χ2v) is 11.6. The van der Waals surface area contributed by atoms with Crippen LogP contribution in [0.4, 0.5) is 0 Å². The number of benzene rings is 1. The summed E-state index contributed by atoms with van der Waals surface area (Å²) < 4.78 is 11.7. The van der Waals surface area contributed by atoms with Gasteiger partial charge in [0.2, 0.25) is 0 Å². The molecule has 37 heavy (non-hydrogen) atoms. The Labute approximate surface area is 221 Å². The first kappa shape index (κ1) is 28.7. The number of esters is 2. The molecule has 0 saturated heterocycles. The predicted molar refractivity (Wildman–Crippen MR) is 145 cm³/mol. The van der Waals surface area contributed by atoms with E-state index in [4.69, 9.17) is 9.47 Å². The summed E-state index contributed by atoms with van der Waals surface area (Å²) >= 11 is 0. The summed E-state index contributed by atoms with van der Waals surface area (Å²) in [5, 5.41) is 21.0. The minimum atomic E-state index is -0.927. The predicted octanol–water partition coefficient (Wildman–Crippen LogP) is 5.99. The third-order valence-electron chi connectivity index (χ3n) is 8.86. The number of rotatable bonds is 8. The van der Waals surface area contributed by atoms with E-state index >= 15 is 0 Å². The summed E-state index contributed by atoms with van der Waals surface area (Å²) in [6, 6.07) is 6.57. The third kappa shape index (κ3) is 6.35. The molecule has 0 amide bonds. The van der Waals surface area contributed by atoms with Crippen LogP contribution in [0.25, 0.3) is 6.08 Å². The van der Waals surface area contributed by atoms with Gasteiger partial charge in [0.15, 0.2) is 0 Å². The van der Waals surface area contributed by atoms with Gasteiger partial charge in [-0.25, -0.2) is 4.79 Å². The highest BCUT2D eigenvalue weighted by molar-refractivity contribution is 5.87. The second kappa shape index (κ2) is 11.3. The molecule has 0 aromatic heterocycles. The van der Waals surface area contributed by atoms with Crippen molar-refractivity contribution < 1.29 is 29.3 Å². The third-order valence-corrected chi connectivity index (χ3v) is 8.86. The summed E-state index contributed by atoms with van der Waals surface area (Å²) in [6.07, 6.45) is 10.0. The van der Waals surface area contributed by atoms with Crippen LogP contribution in [-0.2, 0) is 19.1 Å². The van der Waals surface area contributed by atoms with Crippen molar-refractivity contribution in [2.75, 3.05) is 6.61 Å². The fourth-order valence-electron chi connectivity index (χ4n) is 6.82. The number of carbonyl (C=O) groups excluding carboxylic acids is 2. The molecule has 3 rings (SSSR count). The van der Waals surface area contributed by atoms with Crippen molar-refractivity contribution in [3.05, 3.63) is 60.2 Å². The van der Waals surface area contributed by atoms with Gasteiger partial charge < -0.3 is 19.7 Å². The van der Waals surface area contributed by atoms with Crippen LogP contribution in [-0.4, -0.2) is 40.5 Å². The molecule has 0 spiro atoms. The van der Waals surface area contributed by atoms with Crippen LogP contribution in [0.5, 0.6) is 5.75 Å². The SMILES string of the molecule is C=CC(C)=CC[C@@H]1[C@@]2(C)[C@H](OC(C)=O)CC[C@@](C)(COC(=O)C=Cc3ccc(O)cc3)[C@@H]2CC[C@@]1(C)O. The lowest BCUT2D eigenvalue weighted by molar-refractivity contribution is -0.230. The molecular weight excluding hydrogens is 468 g/mol. The van der Waals surface area contributed by atoms with Crippen molar-refractivity contribution in [1.82, 2.24) is 0 Å². The molecule has 2 aliphatic carbocycles. The second-order valence-electron chi connectivity index (χ2n) is 11.6. The molecule has 2 fully saturated rings. The highest BCUT2D eigenvalue weighted by Crippen LogP contribution is 2.63. The standard InChI is InChI=1S/C31H42O6/c1-7-21(2)8-14-26-30(5,35)19-16-25-29(4,18-17-27(31(25,26)6)37-22(3)32)20-36-28(34)15-11-23-9-12-24(33)13-10-23/h7-13,15,25-27,33,35H,1,14,16-20H2,2-6H3/t25-,26-,27+,29-,30+,31-/m0/s1. The van der Waals surface area contributed by atoms with Gasteiger partial charge in [-0.05, 0) is 81.6 Å². The first-order chi connectivity index (χ1) is 17.3. The zero-order valence-corrected chi connectivity index (χ0v) is 22.8. The van der Waals surface area contributed by atoms with Crippen molar-refractivity contribution in [3.63, 3.8) is 0 Å². The van der Waals surface area contributed by atoms with E-state index in [9.17, 15) is 19.8 Å². The fraction of sp³-hybridized carbons (Fsp3) is 0.548. The molecule has 0 unspecified atom stereocenters. The Kier molecular flexibility index (Phi) is 8.74. The Balaban J connectivity index is 1.86. The van der Waals surface area contributed by atoms with E-state index in [0.29, 0.717) is 19.3 Å². The molecule has 6 atom stereocenters.